The molecule has 1 aliphatic heterocycles. The summed E-state index contributed by atoms with van der Waals surface area (Å²) < 4.78 is 28.7. The van der Waals surface area contributed by atoms with Gasteiger partial charge in [-0.05, 0) is 76.8 Å². The molecule has 2 aliphatic rings. The summed E-state index contributed by atoms with van der Waals surface area (Å²) in [6.07, 6.45) is 38.6. The fourth-order valence-electron chi connectivity index (χ4n) is 8.93. The second kappa shape index (κ2) is 51.1. The SMILES string of the molecule is CCCCCCCCOC(CCC(=O)O)OCCCCCCCC.CCCCCCCCOC(CCC(C)=O)OCCCCCCCC.CCN(CC)CCCOC(=O)N1CCCC(C2CCC2)C1. The molecular formula is C58H114N2O9. The molecule has 0 aromatic heterocycles. The average molecular weight is 984 g/mol. The normalized spacial score (nSPS) is 14.9. The third-order valence-corrected chi connectivity index (χ3v) is 13.8. The van der Waals surface area contributed by atoms with Gasteiger partial charge in [-0.2, -0.15) is 0 Å². The second-order valence-corrected chi connectivity index (χ2v) is 20.1. The topological polar surface area (TPSA) is 124 Å². The fourth-order valence-corrected chi connectivity index (χ4v) is 8.93. The number of ketones is 1. The Morgan fingerprint density at radius 2 is 0.899 bits per heavy atom. The fraction of sp³-hybridized carbons (Fsp3) is 0.948. The van der Waals surface area contributed by atoms with Crippen LogP contribution in [0, 0.1) is 11.8 Å². The molecule has 69 heavy (non-hydrogen) atoms. The lowest BCUT2D eigenvalue weighted by Crippen LogP contribution is -2.43. The third kappa shape index (κ3) is 43.5. The Morgan fingerprint density at radius 3 is 1.26 bits per heavy atom. The van der Waals surface area contributed by atoms with E-state index in [1.807, 2.05) is 4.90 Å². The van der Waals surface area contributed by atoms with E-state index in [0.717, 1.165) is 96.3 Å². The van der Waals surface area contributed by atoms with Gasteiger partial charge in [0.15, 0.2) is 12.6 Å². The molecular weight excluding hydrogens is 869 g/mol. The lowest BCUT2D eigenvalue weighted by molar-refractivity contribution is -0.156. The molecule has 2 rings (SSSR count). The Balaban J connectivity index is 0.00000101. The van der Waals surface area contributed by atoms with Crippen LogP contribution < -0.4 is 0 Å². The van der Waals surface area contributed by atoms with Gasteiger partial charge < -0.3 is 43.4 Å². The minimum Gasteiger partial charge on any atom is -0.481 e. The van der Waals surface area contributed by atoms with Gasteiger partial charge in [0, 0.05) is 65.3 Å². The molecule has 0 aromatic rings. The van der Waals surface area contributed by atoms with Crippen molar-refractivity contribution in [2.45, 2.75) is 279 Å². The highest BCUT2D eigenvalue weighted by atomic mass is 16.7. The quantitative estimate of drug-likeness (QED) is 0.0466. The highest BCUT2D eigenvalue weighted by Crippen LogP contribution is 2.38. The minimum atomic E-state index is -0.786. The molecule has 2 fully saturated rings. The van der Waals surface area contributed by atoms with E-state index in [4.69, 9.17) is 28.8 Å². The maximum Gasteiger partial charge on any atom is 0.409 e. The molecule has 1 saturated carbocycles. The van der Waals surface area contributed by atoms with Crippen LogP contribution in [0.25, 0.3) is 0 Å². The van der Waals surface area contributed by atoms with E-state index in [0.29, 0.717) is 39.1 Å². The van der Waals surface area contributed by atoms with E-state index in [1.165, 1.54) is 154 Å². The number of amides is 1. The maximum atomic E-state index is 12.1. The zero-order chi connectivity index (χ0) is 50.8. The van der Waals surface area contributed by atoms with E-state index < -0.39 is 5.97 Å². The molecule has 1 amide bonds. The van der Waals surface area contributed by atoms with Crippen molar-refractivity contribution in [3.63, 3.8) is 0 Å². The van der Waals surface area contributed by atoms with Crippen molar-refractivity contribution in [1.82, 2.24) is 9.80 Å². The summed E-state index contributed by atoms with van der Waals surface area (Å²) in [6.45, 7) is 23.3. The number of Topliss-reactive ketones (excluding diaryl/α,β-unsaturated/α-hetero) is 1. The predicted octanol–water partition coefficient (Wildman–Crippen LogP) is 15.7. The van der Waals surface area contributed by atoms with Crippen molar-refractivity contribution in [2.75, 3.05) is 65.8 Å². The van der Waals surface area contributed by atoms with Gasteiger partial charge in [0.25, 0.3) is 0 Å². The largest absolute Gasteiger partial charge is 0.481 e. The molecule has 0 spiro atoms. The van der Waals surface area contributed by atoms with Gasteiger partial charge >= 0.3 is 12.1 Å². The van der Waals surface area contributed by atoms with Gasteiger partial charge in [0.05, 0.1) is 13.0 Å². The number of hydrogen-bond acceptors (Lipinski definition) is 9. The molecule has 410 valence electrons. The van der Waals surface area contributed by atoms with Crippen molar-refractivity contribution < 1.29 is 43.2 Å². The summed E-state index contributed by atoms with van der Waals surface area (Å²) in [7, 11) is 0. The predicted molar refractivity (Wildman–Crippen MR) is 287 cm³/mol. The number of carboxylic acids is 1. The minimum absolute atomic E-state index is 0.0847. The van der Waals surface area contributed by atoms with Crippen LogP contribution in [0.15, 0.2) is 0 Å². The van der Waals surface area contributed by atoms with E-state index in [1.54, 1.807) is 6.92 Å². The van der Waals surface area contributed by atoms with Gasteiger partial charge in [-0.3, -0.25) is 4.79 Å². The molecule has 11 heteroatoms. The number of likely N-dealkylation sites (tertiary alicyclic amines) is 1. The van der Waals surface area contributed by atoms with Crippen LogP contribution in [0.1, 0.15) is 267 Å². The monoisotopic (exact) mass is 983 g/mol. The third-order valence-electron chi connectivity index (χ3n) is 13.8. The zero-order valence-electron chi connectivity index (χ0n) is 46.5. The number of aliphatic carboxylic acids is 1. The molecule has 0 aromatic carbocycles. The van der Waals surface area contributed by atoms with Crippen molar-refractivity contribution in [3.05, 3.63) is 0 Å². The molecule has 1 atom stereocenters. The van der Waals surface area contributed by atoms with Crippen molar-refractivity contribution >= 4 is 17.8 Å². The highest BCUT2D eigenvalue weighted by molar-refractivity contribution is 5.75. The molecule has 1 aliphatic carbocycles. The van der Waals surface area contributed by atoms with Gasteiger partial charge in [-0.15, -0.1) is 0 Å². The van der Waals surface area contributed by atoms with E-state index in [-0.39, 0.29) is 30.9 Å². The number of unbranched alkanes of at least 4 members (excludes halogenated alkanes) is 20. The Hall–Kier alpha value is -1.79. The Morgan fingerprint density at radius 1 is 0.507 bits per heavy atom. The van der Waals surface area contributed by atoms with Crippen LogP contribution in [-0.2, 0) is 33.3 Å². The number of hydrogen-bond donors (Lipinski definition) is 1. The summed E-state index contributed by atoms with van der Waals surface area (Å²) in [5.41, 5.74) is 0. The number of carbonyl (C=O) groups is 3. The van der Waals surface area contributed by atoms with Gasteiger partial charge in [0.2, 0.25) is 0 Å². The molecule has 1 saturated heterocycles. The smallest absolute Gasteiger partial charge is 0.409 e. The first-order chi connectivity index (χ1) is 33.6. The summed E-state index contributed by atoms with van der Waals surface area (Å²) in [6, 6.07) is 0. The molecule has 0 radical (unpaired) electrons. The van der Waals surface area contributed by atoms with Crippen LogP contribution in [-0.4, -0.2) is 111 Å². The highest BCUT2D eigenvalue weighted by Gasteiger charge is 2.33. The van der Waals surface area contributed by atoms with Crippen molar-refractivity contribution in [2.24, 2.45) is 11.8 Å². The van der Waals surface area contributed by atoms with Gasteiger partial charge in [-0.25, -0.2) is 4.79 Å². The van der Waals surface area contributed by atoms with E-state index in [2.05, 4.69) is 46.4 Å². The summed E-state index contributed by atoms with van der Waals surface area (Å²) in [5, 5.41) is 8.84. The van der Waals surface area contributed by atoms with Crippen molar-refractivity contribution in [3.8, 4) is 0 Å². The maximum absolute atomic E-state index is 12.1. The van der Waals surface area contributed by atoms with Gasteiger partial charge in [-0.1, -0.05) is 189 Å². The summed E-state index contributed by atoms with van der Waals surface area (Å²) in [4.78, 5) is 38.4. The number of carbonyl (C=O) groups excluding carboxylic acids is 2. The number of piperidine rings is 1. The standard InChI is InChI=1S/C21H42O3.C20H40O4.C17H32N2O2/c1-4-6-8-10-12-14-18-23-21(17-16-20(3)22)24-19-15-13-11-9-7-5-2;1-3-5-7-9-11-13-17-23-20(16-15-19(21)22)24-18-14-12-10-8-6-4-2;1-3-18(4-2)11-7-13-21-17(20)19-12-6-10-16(14-19)15-8-5-9-15/h21H,4-19H2,1-3H3;20H,3-18H2,1-2H3,(H,21,22);15-16H,3-14H2,1-2H3. The average Bonchev–Trinajstić information content (AvgIpc) is 3.33. The van der Waals surface area contributed by atoms with E-state index >= 15 is 0 Å². The lowest BCUT2D eigenvalue weighted by Gasteiger charge is -2.40. The first-order valence-electron chi connectivity index (χ1n) is 29.5. The number of ether oxygens (including phenoxy) is 5. The van der Waals surface area contributed by atoms with Crippen LogP contribution in [0.3, 0.4) is 0 Å². The second-order valence-electron chi connectivity index (χ2n) is 20.1. The molecule has 0 bridgehead atoms. The molecule has 1 heterocycles. The summed E-state index contributed by atoms with van der Waals surface area (Å²) in [5.74, 6) is 1.04. The number of nitrogens with zero attached hydrogens (tertiary/aromatic N) is 2. The number of rotatable bonds is 45. The molecule has 1 unspecified atom stereocenters. The lowest BCUT2D eigenvalue weighted by atomic mass is 9.73. The van der Waals surface area contributed by atoms with Crippen molar-refractivity contribution in [1.29, 1.82) is 0 Å². The Bertz CT molecular complexity index is 1030. The van der Waals surface area contributed by atoms with E-state index in [9.17, 15) is 14.4 Å². The van der Waals surface area contributed by atoms with Crippen LogP contribution in [0.5, 0.6) is 0 Å². The first-order valence-corrected chi connectivity index (χ1v) is 29.5. The first kappa shape index (κ1) is 67.2. The number of carboxylic acid groups (broad SMARTS) is 1. The molecule has 1 N–H and O–H groups in total. The Labute approximate surface area is 426 Å². The molecule has 11 nitrogen and oxygen atoms in total. The zero-order valence-corrected chi connectivity index (χ0v) is 46.5. The van der Waals surface area contributed by atoms with Crippen LogP contribution in [0.4, 0.5) is 4.79 Å². The van der Waals surface area contributed by atoms with Gasteiger partial charge in [0.1, 0.15) is 5.78 Å². The Kier molecular flexibility index (Phi) is 49.8. The summed E-state index contributed by atoms with van der Waals surface area (Å²) >= 11 is 0. The van der Waals surface area contributed by atoms with Crippen LogP contribution in [0.2, 0.25) is 0 Å². The van der Waals surface area contributed by atoms with Crippen LogP contribution >= 0.6 is 0 Å².